The Balaban J connectivity index is 1.64. The topological polar surface area (TPSA) is 61.0 Å². The van der Waals surface area contributed by atoms with Crippen LogP contribution in [-0.4, -0.2) is 21.8 Å². The van der Waals surface area contributed by atoms with Crippen LogP contribution in [0.1, 0.15) is 10.7 Å². The summed E-state index contributed by atoms with van der Waals surface area (Å²) in [4.78, 5) is 4.36. The molecule has 9 heteroatoms. The van der Waals surface area contributed by atoms with Crippen LogP contribution in [0.25, 0.3) is 11.5 Å². The zero-order chi connectivity index (χ0) is 16.2. The number of hydrogen-bond donors (Lipinski definition) is 0. The van der Waals surface area contributed by atoms with E-state index in [0.29, 0.717) is 22.4 Å². The molecule has 0 aliphatic rings. The van der Waals surface area contributed by atoms with Crippen LogP contribution < -0.4 is 4.74 Å². The van der Waals surface area contributed by atoms with Gasteiger partial charge in [0.25, 0.3) is 5.22 Å². The van der Waals surface area contributed by atoms with Gasteiger partial charge in [0.1, 0.15) is 5.75 Å². The molecule has 0 saturated heterocycles. The van der Waals surface area contributed by atoms with Crippen molar-refractivity contribution in [3.05, 3.63) is 40.3 Å². The van der Waals surface area contributed by atoms with Crippen molar-refractivity contribution in [2.45, 2.75) is 24.5 Å². The Hall–Kier alpha value is -2.00. The van der Waals surface area contributed by atoms with E-state index in [0.717, 1.165) is 10.7 Å². The molecule has 120 valence electrons. The van der Waals surface area contributed by atoms with Crippen molar-refractivity contribution in [3.8, 4) is 17.2 Å². The minimum absolute atomic E-state index is 0.0803. The normalized spacial score (nSPS) is 11.1. The average Bonchev–Trinajstić information content (AvgIpc) is 3.14. The number of rotatable bonds is 6. The average molecular weight is 355 g/mol. The molecule has 0 aliphatic carbocycles. The molecular weight excluding hydrogens is 344 g/mol. The maximum absolute atomic E-state index is 12.1. The molecule has 3 aromatic rings. The lowest BCUT2D eigenvalue weighted by Gasteiger charge is -2.03. The van der Waals surface area contributed by atoms with E-state index in [2.05, 4.69) is 19.9 Å². The van der Waals surface area contributed by atoms with Gasteiger partial charge < -0.3 is 9.15 Å². The van der Waals surface area contributed by atoms with E-state index < -0.39 is 6.61 Å². The van der Waals surface area contributed by atoms with Gasteiger partial charge in [-0.1, -0.05) is 11.8 Å². The molecule has 0 spiro atoms. The molecule has 0 unspecified atom stereocenters. The Labute approximate surface area is 138 Å². The third-order valence-electron chi connectivity index (χ3n) is 2.74. The summed E-state index contributed by atoms with van der Waals surface area (Å²) < 4.78 is 34.0. The zero-order valence-electron chi connectivity index (χ0n) is 11.9. The Kier molecular flexibility index (Phi) is 4.87. The van der Waals surface area contributed by atoms with E-state index in [1.165, 1.54) is 23.9 Å². The minimum atomic E-state index is -2.85. The van der Waals surface area contributed by atoms with Gasteiger partial charge in [-0.2, -0.15) is 8.78 Å². The van der Waals surface area contributed by atoms with Crippen molar-refractivity contribution in [1.29, 1.82) is 0 Å². The minimum Gasteiger partial charge on any atom is -0.435 e. The number of ether oxygens (including phenoxy) is 1. The fourth-order valence-corrected chi connectivity index (χ4v) is 3.15. The number of halogens is 2. The number of aromatic nitrogens is 3. The monoisotopic (exact) mass is 355 g/mol. The predicted molar refractivity (Wildman–Crippen MR) is 82.8 cm³/mol. The lowest BCUT2D eigenvalue weighted by molar-refractivity contribution is -0.0498. The van der Waals surface area contributed by atoms with Gasteiger partial charge in [0.2, 0.25) is 5.89 Å². The molecule has 3 rings (SSSR count). The van der Waals surface area contributed by atoms with Gasteiger partial charge in [-0.15, -0.1) is 21.5 Å². The molecule has 0 bridgehead atoms. The van der Waals surface area contributed by atoms with Gasteiger partial charge in [-0.25, -0.2) is 4.98 Å². The Bertz CT molecular complexity index is 774. The fourth-order valence-electron chi connectivity index (χ4n) is 1.77. The van der Waals surface area contributed by atoms with Crippen molar-refractivity contribution < 1.29 is 17.9 Å². The van der Waals surface area contributed by atoms with Crippen molar-refractivity contribution in [2.75, 3.05) is 0 Å². The first-order valence-electron chi connectivity index (χ1n) is 6.53. The molecule has 0 N–H and O–H groups in total. The highest BCUT2D eigenvalue weighted by Gasteiger charge is 2.11. The van der Waals surface area contributed by atoms with E-state index in [1.54, 1.807) is 23.5 Å². The van der Waals surface area contributed by atoms with Gasteiger partial charge >= 0.3 is 6.61 Å². The quantitative estimate of drug-likeness (QED) is 0.611. The van der Waals surface area contributed by atoms with Crippen LogP contribution in [0.4, 0.5) is 8.78 Å². The van der Waals surface area contributed by atoms with E-state index in [4.69, 9.17) is 4.42 Å². The van der Waals surface area contributed by atoms with Crippen LogP contribution >= 0.6 is 23.1 Å². The van der Waals surface area contributed by atoms with E-state index >= 15 is 0 Å². The summed E-state index contributed by atoms with van der Waals surface area (Å²) in [6.45, 7) is -0.896. The maximum Gasteiger partial charge on any atom is 0.387 e. The van der Waals surface area contributed by atoms with E-state index in [9.17, 15) is 8.78 Å². The van der Waals surface area contributed by atoms with E-state index in [-0.39, 0.29) is 5.75 Å². The number of nitrogens with zero attached hydrogens (tertiary/aromatic N) is 3. The Morgan fingerprint density at radius 1 is 1.26 bits per heavy atom. The molecule has 2 heterocycles. The van der Waals surface area contributed by atoms with Crippen molar-refractivity contribution in [3.63, 3.8) is 0 Å². The highest BCUT2D eigenvalue weighted by molar-refractivity contribution is 7.98. The molecule has 0 saturated carbocycles. The number of aryl methyl sites for hydroxylation is 1. The van der Waals surface area contributed by atoms with Crippen LogP contribution in [-0.2, 0) is 5.75 Å². The third kappa shape index (κ3) is 4.26. The summed E-state index contributed by atoms with van der Waals surface area (Å²) in [5.41, 5.74) is 1.60. The van der Waals surface area contributed by atoms with Gasteiger partial charge in [0.15, 0.2) is 0 Å². The summed E-state index contributed by atoms with van der Waals surface area (Å²) in [7, 11) is 0. The molecule has 2 aromatic heterocycles. The third-order valence-corrected chi connectivity index (χ3v) is 4.42. The molecule has 0 atom stereocenters. The molecule has 0 radical (unpaired) electrons. The summed E-state index contributed by atoms with van der Waals surface area (Å²) in [6.07, 6.45) is 0. The van der Waals surface area contributed by atoms with Crippen LogP contribution in [0, 0.1) is 6.92 Å². The van der Waals surface area contributed by atoms with Gasteiger partial charge in [-0.05, 0) is 31.2 Å². The van der Waals surface area contributed by atoms with E-state index in [1.807, 2.05) is 12.3 Å². The molecule has 23 heavy (non-hydrogen) atoms. The van der Waals surface area contributed by atoms with Crippen LogP contribution in [0.3, 0.4) is 0 Å². The molecular formula is C14H11F2N3O2S2. The number of hydrogen-bond acceptors (Lipinski definition) is 7. The SMILES string of the molecule is Cc1nc(CSc2nnc(-c3ccc(OC(F)F)cc3)o2)cs1. The zero-order valence-corrected chi connectivity index (χ0v) is 13.5. The van der Waals surface area contributed by atoms with Crippen molar-refractivity contribution >= 4 is 23.1 Å². The number of thiazole rings is 1. The van der Waals surface area contributed by atoms with Crippen LogP contribution in [0.5, 0.6) is 5.75 Å². The largest absolute Gasteiger partial charge is 0.435 e. The lowest BCUT2D eigenvalue weighted by atomic mass is 10.2. The van der Waals surface area contributed by atoms with Crippen molar-refractivity contribution in [2.24, 2.45) is 0 Å². The first-order chi connectivity index (χ1) is 11.1. The summed E-state index contributed by atoms with van der Waals surface area (Å²) in [5.74, 6) is 1.05. The molecule has 0 amide bonds. The first kappa shape index (κ1) is 15.9. The van der Waals surface area contributed by atoms with Gasteiger partial charge in [-0.3, -0.25) is 0 Å². The first-order valence-corrected chi connectivity index (χ1v) is 8.39. The summed E-state index contributed by atoms with van der Waals surface area (Å²) in [5, 5.41) is 11.3. The highest BCUT2D eigenvalue weighted by Crippen LogP contribution is 2.27. The van der Waals surface area contributed by atoms with Crippen LogP contribution in [0.2, 0.25) is 0 Å². The highest BCUT2D eigenvalue weighted by atomic mass is 32.2. The van der Waals surface area contributed by atoms with Crippen LogP contribution in [0.15, 0.2) is 39.3 Å². The van der Waals surface area contributed by atoms with Crippen molar-refractivity contribution in [1.82, 2.24) is 15.2 Å². The number of thioether (sulfide) groups is 1. The van der Waals surface area contributed by atoms with Gasteiger partial charge in [0, 0.05) is 16.7 Å². The van der Waals surface area contributed by atoms with Gasteiger partial charge in [0.05, 0.1) is 10.7 Å². The number of alkyl halides is 2. The second-order valence-corrected chi connectivity index (χ2v) is 6.41. The maximum atomic E-state index is 12.1. The Morgan fingerprint density at radius 2 is 2.04 bits per heavy atom. The second kappa shape index (κ2) is 7.05. The molecule has 1 aromatic carbocycles. The summed E-state index contributed by atoms with van der Waals surface area (Å²) >= 11 is 2.98. The molecule has 0 aliphatic heterocycles. The smallest absolute Gasteiger partial charge is 0.387 e. The molecule has 0 fully saturated rings. The second-order valence-electron chi connectivity index (χ2n) is 4.42. The molecule has 5 nitrogen and oxygen atoms in total. The predicted octanol–water partition coefficient (Wildman–Crippen LogP) is 4.40. The number of benzene rings is 1. The Morgan fingerprint density at radius 3 is 2.70 bits per heavy atom. The summed E-state index contributed by atoms with van der Waals surface area (Å²) in [6, 6.07) is 6.03. The fraction of sp³-hybridized carbons (Fsp3) is 0.214. The lowest BCUT2D eigenvalue weighted by Crippen LogP contribution is -2.01. The standard InChI is InChI=1S/C14H11F2N3O2S2/c1-8-17-10(6-22-8)7-23-14-19-18-12(21-14)9-2-4-11(5-3-9)20-13(15)16/h2-6,13H,7H2,1H3.